The Morgan fingerprint density at radius 2 is 1.73 bits per heavy atom. The normalized spacial score (nSPS) is 11.9. The summed E-state index contributed by atoms with van der Waals surface area (Å²) in [5.74, 6) is 0. The molecule has 0 fully saturated rings. The van der Waals surface area contributed by atoms with Crippen LogP contribution in [0.25, 0.3) is 0 Å². The predicted molar refractivity (Wildman–Crippen MR) is 70.6 cm³/mol. The van der Waals surface area contributed by atoms with E-state index < -0.39 is 20.2 Å². The van der Waals surface area contributed by atoms with E-state index in [9.17, 15) is 21.6 Å². The van der Waals surface area contributed by atoms with Crippen LogP contribution in [0.15, 0.2) is 51.5 Å². The van der Waals surface area contributed by atoms with Crippen molar-refractivity contribution in [1.82, 2.24) is 9.97 Å². The van der Waals surface area contributed by atoms with Crippen molar-refractivity contribution in [3.05, 3.63) is 42.4 Å². The minimum Gasteiger partial charge on any atom is -0.245 e. The Bertz CT molecular complexity index is 811. The highest BCUT2D eigenvalue weighted by atomic mass is 32.2. The van der Waals surface area contributed by atoms with E-state index in [2.05, 4.69) is 9.97 Å². The predicted octanol–water partition coefficient (Wildman–Crippen LogP) is 2.79. The molecular weight excluding hydrogens is 339 g/mol. The molecule has 0 unspecified atom stereocenters. The van der Waals surface area contributed by atoms with Crippen molar-refractivity contribution in [1.29, 1.82) is 5.26 Å². The van der Waals surface area contributed by atoms with Crippen LogP contribution in [0.5, 0.6) is 0 Å². The summed E-state index contributed by atoms with van der Waals surface area (Å²) in [6.07, 6.45) is 2.59. The second-order valence-corrected chi connectivity index (χ2v) is 6.91. The van der Waals surface area contributed by atoms with Crippen LogP contribution in [0.4, 0.5) is 13.2 Å². The van der Waals surface area contributed by atoms with Crippen molar-refractivity contribution in [2.45, 2.75) is 20.3 Å². The van der Waals surface area contributed by atoms with Gasteiger partial charge in [0.1, 0.15) is 11.1 Å². The molecule has 0 radical (unpaired) electrons. The van der Waals surface area contributed by atoms with Crippen molar-refractivity contribution < 1.29 is 21.6 Å². The van der Waals surface area contributed by atoms with Crippen LogP contribution >= 0.6 is 11.8 Å². The number of alkyl halides is 3. The number of hydrogen-bond donors (Lipinski definition) is 0. The molecular formula is C12H6F3N3O2S2. The number of halogens is 3. The molecule has 114 valence electrons. The van der Waals surface area contributed by atoms with Gasteiger partial charge in [-0.1, -0.05) is 11.8 Å². The largest absolute Gasteiger partial charge is 0.501 e. The van der Waals surface area contributed by atoms with Crippen LogP contribution < -0.4 is 0 Å². The first-order valence-corrected chi connectivity index (χ1v) is 7.85. The van der Waals surface area contributed by atoms with E-state index in [1.807, 2.05) is 0 Å². The highest BCUT2D eigenvalue weighted by molar-refractivity contribution is 7.99. The second-order valence-electron chi connectivity index (χ2n) is 3.87. The summed E-state index contributed by atoms with van der Waals surface area (Å²) in [4.78, 5) is 7.39. The molecule has 0 bridgehead atoms. The van der Waals surface area contributed by atoms with Gasteiger partial charge in [0.2, 0.25) is 0 Å². The van der Waals surface area contributed by atoms with Gasteiger partial charge < -0.3 is 0 Å². The molecule has 0 aliphatic heterocycles. The first kappa shape index (κ1) is 16.3. The molecule has 0 spiro atoms. The molecule has 2 aromatic rings. The van der Waals surface area contributed by atoms with Gasteiger partial charge in [-0.15, -0.1) is 0 Å². The lowest BCUT2D eigenvalue weighted by molar-refractivity contribution is -0.0436. The number of nitrogens with zero attached hydrogens (tertiary/aromatic N) is 3. The third kappa shape index (κ3) is 3.37. The third-order valence-electron chi connectivity index (χ3n) is 2.40. The number of rotatable bonds is 3. The molecule has 2 rings (SSSR count). The van der Waals surface area contributed by atoms with Crippen molar-refractivity contribution in [3.63, 3.8) is 0 Å². The smallest absolute Gasteiger partial charge is 0.245 e. The van der Waals surface area contributed by atoms with E-state index in [4.69, 9.17) is 5.26 Å². The van der Waals surface area contributed by atoms with Gasteiger partial charge in [0.25, 0.3) is 9.84 Å². The van der Waals surface area contributed by atoms with E-state index in [1.165, 1.54) is 24.5 Å². The fourth-order valence-corrected chi connectivity index (χ4v) is 2.85. The van der Waals surface area contributed by atoms with Gasteiger partial charge in [-0.25, -0.2) is 18.4 Å². The quantitative estimate of drug-likeness (QED) is 0.850. The summed E-state index contributed by atoms with van der Waals surface area (Å²) >= 11 is 1.07. The van der Waals surface area contributed by atoms with Crippen molar-refractivity contribution in [2.24, 2.45) is 0 Å². The fraction of sp³-hybridized carbons (Fsp3) is 0.0833. The summed E-state index contributed by atoms with van der Waals surface area (Å²) in [6, 6.07) is 6.03. The Balaban J connectivity index is 2.21. The molecule has 0 atom stereocenters. The van der Waals surface area contributed by atoms with Gasteiger partial charge in [0.15, 0.2) is 5.69 Å². The Morgan fingerprint density at radius 1 is 1.09 bits per heavy atom. The molecule has 0 aliphatic carbocycles. The number of nitriles is 1. The minimum absolute atomic E-state index is 0.135. The highest BCUT2D eigenvalue weighted by Gasteiger charge is 2.46. The van der Waals surface area contributed by atoms with Gasteiger partial charge in [0, 0.05) is 4.90 Å². The zero-order chi connectivity index (χ0) is 16.4. The van der Waals surface area contributed by atoms with Gasteiger partial charge in [-0.3, -0.25) is 0 Å². The standard InChI is InChI=1S/C12H6F3N3O2S2/c13-12(14,15)22(19,20)10-3-1-9(2-4-10)21-11-7-17-8(5-16)6-18-11/h1-4,6-7H. The maximum atomic E-state index is 12.4. The van der Waals surface area contributed by atoms with Crippen LogP contribution in [0.1, 0.15) is 5.69 Å². The van der Waals surface area contributed by atoms with Crippen LogP contribution in [-0.4, -0.2) is 23.9 Å². The summed E-state index contributed by atoms with van der Waals surface area (Å²) < 4.78 is 59.6. The van der Waals surface area contributed by atoms with Gasteiger partial charge in [-0.05, 0) is 24.3 Å². The fourth-order valence-electron chi connectivity index (χ4n) is 1.37. The summed E-state index contributed by atoms with van der Waals surface area (Å²) in [6.45, 7) is 0. The second kappa shape index (κ2) is 5.94. The number of benzene rings is 1. The van der Waals surface area contributed by atoms with Gasteiger partial charge >= 0.3 is 5.51 Å². The number of sulfone groups is 1. The Hall–Kier alpha value is -2.12. The van der Waals surface area contributed by atoms with Gasteiger partial charge in [-0.2, -0.15) is 18.4 Å². The van der Waals surface area contributed by atoms with Crippen LogP contribution in [0.3, 0.4) is 0 Å². The lowest BCUT2D eigenvalue weighted by atomic mass is 10.4. The Labute approximate surface area is 127 Å². The molecule has 1 aromatic carbocycles. The Kier molecular flexibility index (Phi) is 4.39. The first-order valence-electron chi connectivity index (χ1n) is 5.55. The molecule has 0 N–H and O–H groups in total. The van der Waals surface area contributed by atoms with Crippen molar-refractivity contribution in [2.75, 3.05) is 0 Å². The minimum atomic E-state index is -5.35. The van der Waals surface area contributed by atoms with E-state index >= 15 is 0 Å². The summed E-state index contributed by atoms with van der Waals surface area (Å²) in [5.41, 5.74) is -5.20. The average molecular weight is 345 g/mol. The number of aromatic nitrogens is 2. The summed E-state index contributed by atoms with van der Waals surface area (Å²) in [7, 11) is -5.35. The third-order valence-corrected chi connectivity index (χ3v) is 4.83. The monoisotopic (exact) mass is 345 g/mol. The van der Waals surface area contributed by atoms with Crippen LogP contribution in [0.2, 0.25) is 0 Å². The first-order chi connectivity index (χ1) is 10.2. The van der Waals surface area contributed by atoms with Crippen molar-refractivity contribution in [3.8, 4) is 6.07 Å². The van der Waals surface area contributed by atoms with E-state index in [0.717, 1.165) is 23.9 Å². The molecule has 22 heavy (non-hydrogen) atoms. The zero-order valence-corrected chi connectivity index (χ0v) is 12.2. The maximum absolute atomic E-state index is 12.4. The molecule has 0 aliphatic rings. The van der Waals surface area contributed by atoms with E-state index in [-0.39, 0.29) is 5.69 Å². The van der Waals surface area contributed by atoms with Gasteiger partial charge in [0.05, 0.1) is 17.3 Å². The molecule has 0 saturated heterocycles. The number of hydrogen-bond acceptors (Lipinski definition) is 6. The maximum Gasteiger partial charge on any atom is 0.501 e. The molecule has 0 amide bonds. The molecule has 5 nitrogen and oxygen atoms in total. The molecule has 1 heterocycles. The Morgan fingerprint density at radius 3 is 2.18 bits per heavy atom. The molecule has 10 heteroatoms. The van der Waals surface area contributed by atoms with E-state index in [0.29, 0.717) is 9.92 Å². The molecule has 1 aromatic heterocycles. The zero-order valence-electron chi connectivity index (χ0n) is 10.6. The summed E-state index contributed by atoms with van der Waals surface area (Å²) in [5, 5.41) is 9.00. The lowest BCUT2D eigenvalue weighted by Gasteiger charge is -2.08. The lowest BCUT2D eigenvalue weighted by Crippen LogP contribution is -2.23. The van der Waals surface area contributed by atoms with Crippen molar-refractivity contribution >= 4 is 21.6 Å². The molecule has 0 saturated carbocycles. The topological polar surface area (TPSA) is 83.7 Å². The SMILES string of the molecule is N#Cc1cnc(Sc2ccc(S(=O)(=O)C(F)(F)F)cc2)cn1. The van der Waals surface area contributed by atoms with E-state index in [1.54, 1.807) is 6.07 Å². The highest BCUT2D eigenvalue weighted by Crippen LogP contribution is 2.32. The van der Waals surface area contributed by atoms with Crippen LogP contribution in [0, 0.1) is 11.3 Å². The van der Waals surface area contributed by atoms with Crippen LogP contribution in [-0.2, 0) is 9.84 Å². The average Bonchev–Trinajstić information content (AvgIpc) is 2.47.